The third-order valence-electron chi connectivity index (χ3n) is 6.27. The van der Waals surface area contributed by atoms with Crippen molar-refractivity contribution in [2.45, 2.75) is 30.1 Å². The number of ketones is 1. The van der Waals surface area contributed by atoms with Crippen molar-refractivity contribution in [2.24, 2.45) is 0 Å². The summed E-state index contributed by atoms with van der Waals surface area (Å²) in [4.78, 5) is 13.6. The number of nitrogens with zero attached hydrogens (tertiary/aromatic N) is 2. The summed E-state index contributed by atoms with van der Waals surface area (Å²) in [7, 11) is 0. The molecular weight excluding hydrogens is 622 g/mol. The van der Waals surface area contributed by atoms with Crippen LogP contribution in [0, 0.1) is 0 Å². The van der Waals surface area contributed by atoms with Crippen LogP contribution in [0.2, 0.25) is 10.0 Å². The number of halogens is 3. The molecule has 1 aliphatic rings. The van der Waals surface area contributed by atoms with E-state index >= 15 is 0 Å². The lowest BCUT2D eigenvalue weighted by Crippen LogP contribution is -2.08. The predicted octanol–water partition coefficient (Wildman–Crippen LogP) is 9.42. The van der Waals surface area contributed by atoms with Crippen LogP contribution in [0.15, 0.2) is 77.0 Å². The van der Waals surface area contributed by atoms with Gasteiger partial charge in [-0.05, 0) is 90.1 Å². The van der Waals surface area contributed by atoms with E-state index in [2.05, 4.69) is 57.6 Å². The topological polar surface area (TPSA) is 34.9 Å². The maximum atomic E-state index is 13.6. The normalized spacial score (nSPS) is 15.7. The summed E-state index contributed by atoms with van der Waals surface area (Å²) >= 11 is 16.8. The Hall–Kier alpha value is -2.19. The fourth-order valence-corrected chi connectivity index (χ4v) is 6.25. The molecular formula is C29H23Cl2IN2OS. The molecule has 0 saturated carbocycles. The lowest BCUT2D eigenvalue weighted by Gasteiger charge is -2.18. The summed E-state index contributed by atoms with van der Waals surface area (Å²) in [6, 6.07) is 17.7. The van der Waals surface area contributed by atoms with Crippen molar-refractivity contribution in [3.8, 4) is 5.69 Å². The number of carbonyl (C=O) groups excluding carboxylic acids is 1. The van der Waals surface area contributed by atoms with Crippen LogP contribution in [-0.4, -0.2) is 15.6 Å². The molecule has 2 heterocycles. The monoisotopic (exact) mass is 644 g/mol. The molecule has 5 rings (SSSR count). The van der Waals surface area contributed by atoms with Crippen molar-refractivity contribution in [1.29, 1.82) is 0 Å². The fraction of sp³-hybridized carbons (Fsp3) is 0.172. The highest BCUT2D eigenvalue weighted by atomic mass is 127. The number of thiophene rings is 1. The van der Waals surface area contributed by atoms with E-state index in [0.29, 0.717) is 21.4 Å². The highest BCUT2D eigenvalue weighted by Gasteiger charge is 2.29. The van der Waals surface area contributed by atoms with Crippen LogP contribution in [0.5, 0.6) is 0 Å². The van der Waals surface area contributed by atoms with E-state index in [1.165, 1.54) is 5.56 Å². The second-order valence-electron chi connectivity index (χ2n) is 8.79. The van der Waals surface area contributed by atoms with Gasteiger partial charge in [-0.3, -0.25) is 4.79 Å². The van der Waals surface area contributed by atoms with Gasteiger partial charge in [-0.15, -0.1) is 0 Å². The number of rotatable bonds is 6. The standard InChI is InChI=1S/C29H23Cl2IN2OS/c1-18(27(32)20-6-3-2-4-7-20)14-26(35)28-23-9-5-8-21(15-19-12-13-36-17-19)29(23)34(33-28)25-11-10-22(30)16-24(25)31/h2-4,6-7,10-17,27H,5,8-9H2,1H3/b18-14-,21-15+/t27-/m0/s1. The lowest BCUT2D eigenvalue weighted by molar-refractivity contribution is 0.104. The van der Waals surface area contributed by atoms with Gasteiger partial charge in [0.05, 0.1) is 20.3 Å². The molecule has 0 bridgehead atoms. The zero-order valence-electron chi connectivity index (χ0n) is 19.5. The Morgan fingerprint density at radius 3 is 2.67 bits per heavy atom. The van der Waals surface area contributed by atoms with Crippen molar-refractivity contribution in [3.63, 3.8) is 0 Å². The Kier molecular flexibility index (Phi) is 7.82. The molecule has 0 fully saturated rings. The molecule has 1 atom stereocenters. The summed E-state index contributed by atoms with van der Waals surface area (Å²) in [6.07, 6.45) is 6.60. The van der Waals surface area contributed by atoms with E-state index in [1.54, 1.807) is 29.5 Å². The molecule has 4 aromatic rings. The van der Waals surface area contributed by atoms with E-state index in [9.17, 15) is 4.79 Å². The highest BCUT2D eigenvalue weighted by molar-refractivity contribution is 14.1. The van der Waals surface area contributed by atoms with Gasteiger partial charge in [0.15, 0.2) is 0 Å². The molecule has 3 nitrogen and oxygen atoms in total. The van der Waals surface area contributed by atoms with Crippen molar-refractivity contribution in [2.75, 3.05) is 0 Å². The van der Waals surface area contributed by atoms with Gasteiger partial charge in [-0.25, -0.2) is 4.68 Å². The maximum Gasteiger partial charge on any atom is 0.206 e. The predicted molar refractivity (Wildman–Crippen MR) is 160 cm³/mol. The van der Waals surface area contributed by atoms with Gasteiger partial charge >= 0.3 is 0 Å². The van der Waals surface area contributed by atoms with Crippen LogP contribution >= 0.6 is 57.1 Å². The SMILES string of the molecule is C/C(=C/C(=O)c1nn(-c2ccc(Cl)cc2Cl)c2c1CCC/C2=C\c1ccsc1)[C@H](I)c1ccccc1. The fourth-order valence-electron chi connectivity index (χ4n) is 4.55. The van der Waals surface area contributed by atoms with Gasteiger partial charge in [-0.2, -0.15) is 16.4 Å². The summed E-state index contributed by atoms with van der Waals surface area (Å²) < 4.78 is 1.94. The van der Waals surface area contributed by atoms with E-state index in [4.69, 9.17) is 28.3 Å². The van der Waals surface area contributed by atoms with E-state index in [-0.39, 0.29) is 9.71 Å². The first kappa shape index (κ1) is 25.5. The number of hydrogen-bond donors (Lipinski definition) is 0. The molecule has 0 N–H and O–H groups in total. The molecule has 2 aromatic carbocycles. The Balaban J connectivity index is 1.62. The smallest absolute Gasteiger partial charge is 0.206 e. The van der Waals surface area contributed by atoms with Gasteiger partial charge < -0.3 is 0 Å². The second kappa shape index (κ2) is 11.1. The number of allylic oxidation sites excluding steroid dienone is 3. The molecule has 0 spiro atoms. The van der Waals surface area contributed by atoms with Gasteiger partial charge in [0.25, 0.3) is 0 Å². The van der Waals surface area contributed by atoms with E-state index in [0.717, 1.165) is 47.2 Å². The average Bonchev–Trinajstić information content (AvgIpc) is 3.53. The first-order valence-electron chi connectivity index (χ1n) is 11.6. The zero-order chi connectivity index (χ0) is 25.2. The number of hydrogen-bond acceptors (Lipinski definition) is 3. The molecule has 0 aliphatic heterocycles. The number of carbonyl (C=O) groups is 1. The Morgan fingerprint density at radius 1 is 1.14 bits per heavy atom. The number of alkyl halides is 1. The first-order valence-corrected chi connectivity index (χ1v) is 14.6. The number of benzene rings is 2. The molecule has 2 aromatic heterocycles. The van der Waals surface area contributed by atoms with Gasteiger partial charge in [0.2, 0.25) is 5.78 Å². The highest BCUT2D eigenvalue weighted by Crippen LogP contribution is 2.38. The third kappa shape index (κ3) is 5.25. The summed E-state index contributed by atoms with van der Waals surface area (Å²) in [5.41, 5.74) is 7.61. The zero-order valence-corrected chi connectivity index (χ0v) is 24.0. The number of fused-ring (bicyclic) bond motifs is 1. The first-order chi connectivity index (χ1) is 17.4. The second-order valence-corrected chi connectivity index (χ2v) is 11.7. The molecule has 0 radical (unpaired) electrons. The molecule has 0 saturated heterocycles. The minimum atomic E-state index is -0.0815. The third-order valence-corrected chi connectivity index (χ3v) is 9.21. The Bertz CT molecular complexity index is 1470. The Morgan fingerprint density at radius 2 is 1.94 bits per heavy atom. The quantitative estimate of drug-likeness (QED) is 0.0907. The summed E-state index contributed by atoms with van der Waals surface area (Å²) in [5, 5.41) is 10.1. The van der Waals surface area contributed by atoms with Crippen LogP contribution in [0.1, 0.15) is 56.6 Å². The van der Waals surface area contributed by atoms with E-state index < -0.39 is 0 Å². The Labute approximate surface area is 238 Å². The number of aromatic nitrogens is 2. The molecule has 182 valence electrons. The summed E-state index contributed by atoms with van der Waals surface area (Å²) in [5.74, 6) is -0.0815. The average molecular weight is 645 g/mol. The minimum Gasteiger partial charge on any atom is -0.287 e. The van der Waals surface area contributed by atoms with Crippen LogP contribution in [-0.2, 0) is 6.42 Å². The van der Waals surface area contributed by atoms with Crippen molar-refractivity contribution in [3.05, 3.63) is 115 Å². The molecule has 7 heteroatoms. The maximum absolute atomic E-state index is 13.6. The summed E-state index contributed by atoms with van der Waals surface area (Å²) in [6.45, 7) is 2.00. The van der Waals surface area contributed by atoms with Gasteiger partial charge in [0.1, 0.15) is 5.69 Å². The molecule has 1 aliphatic carbocycles. The van der Waals surface area contributed by atoms with Gasteiger partial charge in [0, 0.05) is 10.6 Å². The lowest BCUT2D eigenvalue weighted by atomic mass is 9.89. The minimum absolute atomic E-state index is 0.0815. The van der Waals surface area contributed by atoms with Crippen LogP contribution in [0.25, 0.3) is 17.3 Å². The molecule has 36 heavy (non-hydrogen) atoms. The van der Waals surface area contributed by atoms with Crippen molar-refractivity contribution in [1.82, 2.24) is 9.78 Å². The van der Waals surface area contributed by atoms with Crippen molar-refractivity contribution < 1.29 is 4.79 Å². The largest absolute Gasteiger partial charge is 0.287 e. The van der Waals surface area contributed by atoms with Crippen LogP contribution in [0.4, 0.5) is 0 Å². The van der Waals surface area contributed by atoms with Gasteiger partial charge in [-0.1, -0.05) is 81.7 Å². The van der Waals surface area contributed by atoms with Crippen LogP contribution in [0.3, 0.4) is 0 Å². The molecule has 0 unspecified atom stereocenters. The van der Waals surface area contributed by atoms with E-state index in [1.807, 2.05) is 35.9 Å². The van der Waals surface area contributed by atoms with Crippen LogP contribution < -0.4 is 0 Å². The van der Waals surface area contributed by atoms with Crippen molar-refractivity contribution >= 4 is 74.6 Å². The molecule has 0 amide bonds.